The molecule has 6 rings (SSSR count). The lowest BCUT2D eigenvalue weighted by atomic mass is 9.97. The molecule has 8 nitrogen and oxygen atoms in total. The van der Waals surface area contributed by atoms with E-state index in [0.29, 0.717) is 40.2 Å². The van der Waals surface area contributed by atoms with E-state index in [1.165, 1.54) is 18.5 Å². The maximum absolute atomic E-state index is 13.7. The summed E-state index contributed by atoms with van der Waals surface area (Å²) in [5, 5.41) is 7.69. The van der Waals surface area contributed by atoms with Crippen LogP contribution in [0.2, 0.25) is 0 Å². The Morgan fingerprint density at radius 2 is 2.03 bits per heavy atom. The van der Waals surface area contributed by atoms with Crippen LogP contribution in [0.25, 0.3) is 16.6 Å². The summed E-state index contributed by atoms with van der Waals surface area (Å²) in [4.78, 5) is 25.4. The number of pyridine rings is 2. The lowest BCUT2D eigenvalue weighted by Gasteiger charge is -2.20. The molecule has 5 atom stereocenters. The molecule has 4 aromatic rings. The summed E-state index contributed by atoms with van der Waals surface area (Å²) in [5.74, 6) is 2.04. The third-order valence-corrected chi connectivity index (χ3v) is 7.10. The number of rotatable bonds is 6. The second-order valence-electron chi connectivity index (χ2n) is 9.11. The summed E-state index contributed by atoms with van der Waals surface area (Å²) in [6.45, 7) is 1.98. The monoisotopic (exact) mass is 458 g/mol. The van der Waals surface area contributed by atoms with Gasteiger partial charge in [-0.3, -0.25) is 9.78 Å². The van der Waals surface area contributed by atoms with Crippen LogP contribution in [-0.4, -0.2) is 36.7 Å². The molecule has 1 amide bonds. The molecule has 0 radical (unpaired) electrons. The maximum atomic E-state index is 13.7. The number of anilines is 1. The number of carbonyl (C=O) groups excluding carboxylic acids is 1. The first-order valence-electron chi connectivity index (χ1n) is 11.4. The van der Waals surface area contributed by atoms with Crippen LogP contribution in [-0.2, 0) is 4.79 Å². The first-order valence-corrected chi connectivity index (χ1v) is 11.4. The Kier molecular flexibility index (Phi) is 4.97. The second-order valence-corrected chi connectivity index (χ2v) is 9.11. The predicted octanol–water partition coefficient (Wildman–Crippen LogP) is 4.03. The highest BCUT2D eigenvalue weighted by Crippen LogP contribution is 2.61. The molecule has 0 aliphatic heterocycles. The van der Waals surface area contributed by atoms with Crippen LogP contribution >= 0.6 is 0 Å². The number of ether oxygens (including phenoxy) is 1. The minimum absolute atomic E-state index is 0.0199. The number of nitrogens with one attached hydrogen (secondary N) is 1. The molecule has 3 heterocycles. The normalized spacial score (nSPS) is 23.9. The van der Waals surface area contributed by atoms with Gasteiger partial charge in [-0.15, -0.1) is 0 Å². The van der Waals surface area contributed by atoms with Crippen molar-refractivity contribution >= 4 is 22.6 Å². The Morgan fingerprint density at radius 1 is 1.18 bits per heavy atom. The number of nitrogens with zero attached hydrogens (tertiary/aromatic N) is 5. The first kappa shape index (κ1) is 20.7. The van der Waals surface area contributed by atoms with E-state index in [1.54, 1.807) is 41.6 Å². The molecule has 2 aliphatic carbocycles. The van der Waals surface area contributed by atoms with Gasteiger partial charge >= 0.3 is 0 Å². The molecule has 2 saturated carbocycles. The third-order valence-electron chi connectivity index (χ3n) is 7.10. The average molecular weight is 458 g/mol. The topological polar surface area (TPSA) is 94.8 Å². The lowest BCUT2D eigenvalue weighted by Crippen LogP contribution is -2.26. The van der Waals surface area contributed by atoms with Crippen molar-refractivity contribution in [1.29, 1.82) is 0 Å². The minimum Gasteiger partial charge on any atom is -0.490 e. The predicted molar refractivity (Wildman–Crippen MR) is 123 cm³/mol. The Bertz CT molecular complexity index is 1330. The van der Waals surface area contributed by atoms with E-state index in [4.69, 9.17) is 4.74 Å². The van der Waals surface area contributed by atoms with Crippen molar-refractivity contribution in [2.24, 2.45) is 23.7 Å². The Labute approximate surface area is 195 Å². The van der Waals surface area contributed by atoms with E-state index in [0.717, 1.165) is 18.5 Å². The molecular formula is C25H23FN6O2. The van der Waals surface area contributed by atoms with Crippen molar-refractivity contribution in [2.45, 2.75) is 25.9 Å². The highest BCUT2D eigenvalue weighted by atomic mass is 19.1. The number of aromatic nitrogens is 5. The molecule has 34 heavy (non-hydrogen) atoms. The molecule has 2 fully saturated rings. The fraction of sp³-hybridized carbons (Fsp3) is 0.320. The van der Waals surface area contributed by atoms with Crippen molar-refractivity contribution in [3.63, 3.8) is 0 Å². The highest BCUT2D eigenvalue weighted by molar-refractivity contribution is 5.92. The molecule has 0 spiro atoms. The van der Waals surface area contributed by atoms with Crippen molar-refractivity contribution in [2.75, 3.05) is 5.32 Å². The fourth-order valence-corrected chi connectivity index (χ4v) is 5.41. The van der Waals surface area contributed by atoms with E-state index in [1.807, 2.05) is 13.0 Å². The Morgan fingerprint density at radius 3 is 2.76 bits per heavy atom. The van der Waals surface area contributed by atoms with Crippen molar-refractivity contribution in [1.82, 2.24) is 24.7 Å². The van der Waals surface area contributed by atoms with Crippen LogP contribution in [0, 0.1) is 29.5 Å². The highest BCUT2D eigenvalue weighted by Gasteiger charge is 2.59. The van der Waals surface area contributed by atoms with Gasteiger partial charge in [0.1, 0.15) is 30.0 Å². The van der Waals surface area contributed by atoms with Crippen LogP contribution in [0.5, 0.6) is 5.75 Å². The Balaban J connectivity index is 1.05. The zero-order chi connectivity index (χ0) is 23.2. The van der Waals surface area contributed by atoms with Crippen molar-refractivity contribution < 1.29 is 13.9 Å². The molecule has 3 unspecified atom stereocenters. The smallest absolute Gasteiger partial charge is 0.228 e. The van der Waals surface area contributed by atoms with Gasteiger partial charge in [0.25, 0.3) is 0 Å². The number of benzene rings is 1. The van der Waals surface area contributed by atoms with E-state index in [-0.39, 0.29) is 23.7 Å². The van der Waals surface area contributed by atoms with Gasteiger partial charge in [-0.2, -0.15) is 5.10 Å². The van der Waals surface area contributed by atoms with Gasteiger partial charge in [0, 0.05) is 17.5 Å². The summed E-state index contributed by atoms with van der Waals surface area (Å²) >= 11 is 0. The average Bonchev–Trinajstić information content (AvgIpc) is 3.21. The van der Waals surface area contributed by atoms with Crippen LogP contribution in [0.4, 0.5) is 10.2 Å². The summed E-state index contributed by atoms with van der Waals surface area (Å²) < 4.78 is 21.6. The van der Waals surface area contributed by atoms with Crippen molar-refractivity contribution in [3.8, 4) is 11.4 Å². The maximum Gasteiger partial charge on any atom is 0.228 e. The van der Waals surface area contributed by atoms with Gasteiger partial charge in [-0.25, -0.2) is 19.0 Å². The molecule has 0 saturated heterocycles. The zero-order valence-electron chi connectivity index (χ0n) is 18.5. The van der Waals surface area contributed by atoms with E-state index in [2.05, 4.69) is 25.4 Å². The number of fused-ring (bicyclic) bond motifs is 2. The summed E-state index contributed by atoms with van der Waals surface area (Å²) in [6, 6.07) is 9.93. The van der Waals surface area contributed by atoms with Crippen LogP contribution in [0.1, 0.15) is 19.8 Å². The molecular weight excluding hydrogens is 435 g/mol. The second kappa shape index (κ2) is 8.16. The van der Waals surface area contributed by atoms with E-state index >= 15 is 0 Å². The van der Waals surface area contributed by atoms with Gasteiger partial charge in [0.15, 0.2) is 0 Å². The van der Waals surface area contributed by atoms with E-state index < -0.39 is 0 Å². The van der Waals surface area contributed by atoms with Crippen LogP contribution in [0.3, 0.4) is 0 Å². The SMILES string of the molecule is CC(C(=O)Nc1ccc(-n2cncn2)cn1)C1[C@H]2CC(Oc3ccnc4ccc(F)cc34)C[C@@H]12. The largest absolute Gasteiger partial charge is 0.490 e. The molecule has 1 aromatic carbocycles. The molecule has 0 bridgehead atoms. The fourth-order valence-electron chi connectivity index (χ4n) is 5.41. The number of amides is 1. The van der Waals surface area contributed by atoms with Crippen LogP contribution in [0.15, 0.2) is 61.4 Å². The first-order chi connectivity index (χ1) is 16.6. The molecule has 172 valence electrons. The van der Waals surface area contributed by atoms with Crippen molar-refractivity contribution in [3.05, 3.63) is 67.3 Å². The summed E-state index contributed by atoms with van der Waals surface area (Å²) in [6.07, 6.45) is 8.26. The standard InChI is InChI=1S/C25H23FN6O2/c1-14(25(33)31-23-5-3-16(11-29-23)32-13-27-12-30-32)24-18-9-17(10-19(18)24)34-22-6-7-28-21-4-2-15(26)8-20(21)22/h2-8,11-14,17-19,24H,9-10H2,1H3,(H,29,31,33)/t14?,17?,18-,19+,24?. The third kappa shape index (κ3) is 3.76. The van der Waals surface area contributed by atoms with Crippen LogP contribution < -0.4 is 10.1 Å². The molecule has 9 heteroatoms. The number of carbonyl (C=O) groups is 1. The molecule has 2 aliphatic rings. The lowest BCUT2D eigenvalue weighted by molar-refractivity contribution is -0.120. The van der Waals surface area contributed by atoms with Gasteiger partial charge in [0.05, 0.1) is 23.5 Å². The van der Waals surface area contributed by atoms with Gasteiger partial charge in [-0.05, 0) is 67.0 Å². The van der Waals surface area contributed by atoms with Gasteiger partial charge < -0.3 is 10.1 Å². The Hall–Kier alpha value is -3.88. The molecule has 3 aromatic heterocycles. The molecule has 1 N–H and O–H groups in total. The van der Waals surface area contributed by atoms with Gasteiger partial charge in [0.2, 0.25) is 5.91 Å². The summed E-state index contributed by atoms with van der Waals surface area (Å²) in [7, 11) is 0. The zero-order valence-corrected chi connectivity index (χ0v) is 18.5. The number of hydrogen-bond donors (Lipinski definition) is 1. The quantitative estimate of drug-likeness (QED) is 0.469. The number of halogens is 1. The minimum atomic E-state index is -0.304. The number of hydrogen-bond acceptors (Lipinski definition) is 6. The van der Waals surface area contributed by atoms with E-state index in [9.17, 15) is 9.18 Å². The van der Waals surface area contributed by atoms with Gasteiger partial charge in [-0.1, -0.05) is 6.92 Å². The summed E-state index contributed by atoms with van der Waals surface area (Å²) in [5.41, 5.74) is 1.49.